The average Bonchev–Trinajstić information content (AvgIpc) is 2.51. The standard InChI is InChI=1S/C17H10F2O3S/c18-13-5-1-11(2-6-13)16-9-15(20)10-17(23(16,21)22)12-3-7-14(19)8-4-12/h1-10H. The summed E-state index contributed by atoms with van der Waals surface area (Å²) in [5.41, 5.74) is 0.430. The fourth-order valence-electron chi connectivity index (χ4n) is 2.28. The third kappa shape index (κ3) is 2.85. The molecule has 0 radical (unpaired) electrons. The molecule has 2 aromatic carbocycles. The van der Waals surface area contributed by atoms with Gasteiger partial charge in [-0.1, -0.05) is 24.3 Å². The molecule has 0 aromatic heterocycles. The zero-order valence-corrected chi connectivity index (χ0v) is 12.5. The monoisotopic (exact) mass is 332 g/mol. The molecular weight excluding hydrogens is 322 g/mol. The zero-order chi connectivity index (χ0) is 16.6. The summed E-state index contributed by atoms with van der Waals surface area (Å²) in [7, 11) is -3.97. The van der Waals surface area contributed by atoms with Crippen molar-refractivity contribution in [1.29, 1.82) is 0 Å². The minimum absolute atomic E-state index is 0.204. The maximum atomic E-state index is 13.0. The third-order valence-corrected chi connectivity index (χ3v) is 5.25. The van der Waals surface area contributed by atoms with E-state index in [1.54, 1.807) is 0 Å². The van der Waals surface area contributed by atoms with Crippen molar-refractivity contribution in [2.24, 2.45) is 0 Å². The van der Waals surface area contributed by atoms with Gasteiger partial charge < -0.3 is 0 Å². The van der Waals surface area contributed by atoms with E-state index in [1.807, 2.05) is 0 Å². The fraction of sp³-hybridized carbons (Fsp3) is 0. The van der Waals surface area contributed by atoms with Crippen LogP contribution in [-0.4, -0.2) is 14.2 Å². The van der Waals surface area contributed by atoms with Gasteiger partial charge in [0.2, 0.25) is 9.84 Å². The van der Waals surface area contributed by atoms with Crippen molar-refractivity contribution in [3.63, 3.8) is 0 Å². The number of carbonyl (C=O) groups excluding carboxylic acids is 1. The number of carbonyl (C=O) groups is 1. The lowest BCUT2D eigenvalue weighted by atomic mass is 10.1. The van der Waals surface area contributed by atoms with Crippen molar-refractivity contribution >= 4 is 25.4 Å². The van der Waals surface area contributed by atoms with Crippen molar-refractivity contribution in [1.82, 2.24) is 0 Å². The van der Waals surface area contributed by atoms with Gasteiger partial charge in [-0.05, 0) is 35.4 Å². The summed E-state index contributed by atoms with van der Waals surface area (Å²) in [5, 5.41) is 0. The topological polar surface area (TPSA) is 51.2 Å². The first-order chi connectivity index (χ1) is 10.9. The highest BCUT2D eigenvalue weighted by Crippen LogP contribution is 2.35. The molecule has 0 bridgehead atoms. The Morgan fingerprint density at radius 2 is 1.00 bits per heavy atom. The van der Waals surface area contributed by atoms with Gasteiger partial charge in [-0.25, -0.2) is 17.2 Å². The van der Waals surface area contributed by atoms with Gasteiger partial charge in [0.25, 0.3) is 0 Å². The van der Waals surface area contributed by atoms with E-state index in [-0.39, 0.29) is 20.9 Å². The Labute approximate surface area is 131 Å². The van der Waals surface area contributed by atoms with E-state index in [0.29, 0.717) is 0 Å². The van der Waals surface area contributed by atoms with Crippen molar-refractivity contribution in [2.45, 2.75) is 0 Å². The SMILES string of the molecule is O=C1C=C(c2ccc(F)cc2)S(=O)(=O)C(c2ccc(F)cc2)=C1. The molecule has 23 heavy (non-hydrogen) atoms. The Morgan fingerprint density at radius 1 is 0.652 bits per heavy atom. The second kappa shape index (κ2) is 5.55. The van der Waals surface area contributed by atoms with Crippen LogP contribution in [0.5, 0.6) is 0 Å². The molecule has 0 spiro atoms. The van der Waals surface area contributed by atoms with Crippen molar-refractivity contribution in [3.8, 4) is 0 Å². The normalized spacial score (nSPS) is 16.7. The second-order valence-electron chi connectivity index (χ2n) is 4.94. The molecule has 1 heterocycles. The Bertz CT molecular complexity index is 867. The van der Waals surface area contributed by atoms with Crippen LogP contribution in [0.2, 0.25) is 0 Å². The summed E-state index contributed by atoms with van der Waals surface area (Å²) in [4.78, 5) is 11.5. The molecule has 0 amide bonds. The van der Waals surface area contributed by atoms with Crippen LogP contribution >= 0.6 is 0 Å². The van der Waals surface area contributed by atoms with Gasteiger partial charge in [-0.15, -0.1) is 0 Å². The van der Waals surface area contributed by atoms with Crippen LogP contribution < -0.4 is 0 Å². The largest absolute Gasteiger partial charge is 0.290 e. The highest BCUT2D eigenvalue weighted by atomic mass is 32.2. The number of benzene rings is 2. The summed E-state index contributed by atoms with van der Waals surface area (Å²) in [6.07, 6.45) is 1.99. The van der Waals surface area contributed by atoms with Gasteiger partial charge in [0.15, 0.2) is 5.78 Å². The van der Waals surface area contributed by atoms with Crippen LogP contribution in [0.15, 0.2) is 60.7 Å². The van der Waals surface area contributed by atoms with Crippen LogP contribution in [0.4, 0.5) is 8.78 Å². The molecule has 1 aliphatic heterocycles. The summed E-state index contributed by atoms with van der Waals surface area (Å²) >= 11 is 0. The summed E-state index contributed by atoms with van der Waals surface area (Å²) in [5.74, 6) is -1.52. The fourth-order valence-corrected chi connectivity index (χ4v) is 3.95. The molecule has 0 fully saturated rings. The maximum Gasteiger partial charge on any atom is 0.208 e. The highest BCUT2D eigenvalue weighted by Gasteiger charge is 2.30. The van der Waals surface area contributed by atoms with E-state index >= 15 is 0 Å². The second-order valence-corrected chi connectivity index (χ2v) is 6.82. The molecule has 116 valence electrons. The molecule has 0 saturated heterocycles. The quantitative estimate of drug-likeness (QED) is 0.847. The Balaban J connectivity index is 2.13. The number of hydrogen-bond donors (Lipinski definition) is 0. The number of hydrogen-bond acceptors (Lipinski definition) is 3. The summed E-state index contributed by atoms with van der Waals surface area (Å²) < 4.78 is 51.5. The Morgan fingerprint density at radius 3 is 1.35 bits per heavy atom. The number of rotatable bonds is 2. The van der Waals surface area contributed by atoms with E-state index in [0.717, 1.165) is 36.4 Å². The van der Waals surface area contributed by atoms with Gasteiger partial charge >= 0.3 is 0 Å². The number of allylic oxidation sites excluding steroid dienone is 2. The van der Waals surface area contributed by atoms with Crippen LogP contribution in [-0.2, 0) is 14.6 Å². The average molecular weight is 332 g/mol. The molecule has 6 heteroatoms. The first-order valence-electron chi connectivity index (χ1n) is 6.62. The van der Waals surface area contributed by atoms with Gasteiger partial charge in [-0.3, -0.25) is 4.79 Å². The van der Waals surface area contributed by atoms with Crippen LogP contribution in [0.25, 0.3) is 9.81 Å². The molecule has 1 aliphatic rings. The van der Waals surface area contributed by atoms with E-state index in [9.17, 15) is 22.0 Å². The number of halogens is 2. The summed E-state index contributed by atoms with van der Waals surface area (Å²) in [6, 6.07) is 9.63. The minimum atomic E-state index is -3.97. The van der Waals surface area contributed by atoms with Gasteiger partial charge in [-0.2, -0.15) is 0 Å². The first kappa shape index (κ1) is 15.3. The van der Waals surface area contributed by atoms with E-state index in [4.69, 9.17) is 0 Å². The van der Waals surface area contributed by atoms with Crippen LogP contribution in [0, 0.1) is 11.6 Å². The Kier molecular flexibility index (Phi) is 3.69. The predicted octanol–water partition coefficient (Wildman–Crippen LogP) is 3.34. The van der Waals surface area contributed by atoms with Crippen molar-refractivity contribution in [2.75, 3.05) is 0 Å². The van der Waals surface area contributed by atoms with Crippen molar-refractivity contribution < 1.29 is 22.0 Å². The van der Waals surface area contributed by atoms with Crippen molar-refractivity contribution in [3.05, 3.63) is 83.4 Å². The Hall–Kier alpha value is -2.60. The predicted molar refractivity (Wildman–Crippen MR) is 82.7 cm³/mol. The van der Waals surface area contributed by atoms with Gasteiger partial charge in [0.1, 0.15) is 11.6 Å². The first-order valence-corrected chi connectivity index (χ1v) is 8.10. The third-order valence-electron chi connectivity index (χ3n) is 3.38. The number of sulfone groups is 1. The maximum absolute atomic E-state index is 13.0. The molecule has 0 unspecified atom stereocenters. The molecule has 3 rings (SSSR count). The van der Waals surface area contributed by atoms with E-state index < -0.39 is 27.3 Å². The molecule has 2 aromatic rings. The highest BCUT2D eigenvalue weighted by molar-refractivity contribution is 8.09. The lowest BCUT2D eigenvalue weighted by Crippen LogP contribution is -2.13. The van der Waals surface area contributed by atoms with E-state index in [2.05, 4.69) is 0 Å². The molecule has 0 saturated carbocycles. The lowest BCUT2D eigenvalue weighted by molar-refractivity contribution is -0.110. The summed E-state index contributed by atoms with van der Waals surface area (Å²) in [6.45, 7) is 0. The lowest BCUT2D eigenvalue weighted by Gasteiger charge is -2.16. The molecule has 0 atom stereocenters. The molecule has 0 aliphatic carbocycles. The zero-order valence-electron chi connectivity index (χ0n) is 11.7. The number of ketones is 1. The van der Waals surface area contributed by atoms with Crippen LogP contribution in [0.3, 0.4) is 0 Å². The molecule has 0 N–H and O–H groups in total. The smallest absolute Gasteiger partial charge is 0.208 e. The minimum Gasteiger partial charge on any atom is -0.290 e. The van der Waals surface area contributed by atoms with Gasteiger partial charge in [0, 0.05) is 12.2 Å². The van der Waals surface area contributed by atoms with Crippen LogP contribution in [0.1, 0.15) is 11.1 Å². The van der Waals surface area contributed by atoms with Gasteiger partial charge in [0.05, 0.1) is 9.81 Å². The molecule has 3 nitrogen and oxygen atoms in total. The van der Waals surface area contributed by atoms with E-state index in [1.165, 1.54) is 24.3 Å². The molecular formula is C17H10F2O3S.